The van der Waals surface area contributed by atoms with Crippen molar-refractivity contribution < 1.29 is 4.79 Å². The standard InChI is InChI=1S/C12H18N2O.C2H6/c1-9-8-13-11(12(15)14-9)7-10-5-3-2-4-6-10;1-2/h7,10,13H,1-6,8H2,(H,14,15);1-2H3/b11-7-;. The third-order valence-corrected chi connectivity index (χ3v) is 3.08. The molecule has 0 aromatic rings. The van der Waals surface area contributed by atoms with Gasteiger partial charge in [0.25, 0.3) is 5.91 Å². The Bertz CT molecular complexity index is 301. The lowest BCUT2D eigenvalue weighted by atomic mass is 9.88. The molecule has 1 aliphatic carbocycles. The van der Waals surface area contributed by atoms with Crippen molar-refractivity contribution in [2.45, 2.75) is 46.0 Å². The van der Waals surface area contributed by atoms with Crippen molar-refractivity contribution in [2.24, 2.45) is 5.92 Å². The lowest BCUT2D eigenvalue weighted by Crippen LogP contribution is -2.41. The second-order valence-electron chi connectivity index (χ2n) is 4.39. The number of piperazine rings is 1. The topological polar surface area (TPSA) is 41.1 Å². The third kappa shape index (κ3) is 4.25. The van der Waals surface area contributed by atoms with Gasteiger partial charge < -0.3 is 10.6 Å². The van der Waals surface area contributed by atoms with E-state index in [0.717, 1.165) is 11.4 Å². The summed E-state index contributed by atoms with van der Waals surface area (Å²) in [6.07, 6.45) is 8.47. The van der Waals surface area contributed by atoms with Crippen molar-refractivity contribution in [3.8, 4) is 0 Å². The summed E-state index contributed by atoms with van der Waals surface area (Å²) in [7, 11) is 0. The first-order valence-corrected chi connectivity index (χ1v) is 6.70. The van der Waals surface area contributed by atoms with Gasteiger partial charge in [-0.15, -0.1) is 0 Å². The number of rotatable bonds is 1. The first-order chi connectivity index (χ1) is 8.25. The molecule has 17 heavy (non-hydrogen) atoms. The van der Waals surface area contributed by atoms with Gasteiger partial charge in [0.2, 0.25) is 0 Å². The minimum Gasteiger partial charge on any atom is -0.375 e. The molecule has 1 heterocycles. The molecule has 3 heteroatoms. The fourth-order valence-electron chi connectivity index (χ4n) is 2.23. The van der Waals surface area contributed by atoms with Gasteiger partial charge in [-0.1, -0.05) is 45.8 Å². The van der Waals surface area contributed by atoms with Crippen molar-refractivity contribution in [3.05, 3.63) is 24.0 Å². The average molecular weight is 236 g/mol. The molecule has 1 saturated heterocycles. The molecule has 3 nitrogen and oxygen atoms in total. The molecule has 2 aliphatic rings. The number of amides is 1. The molecule has 1 aliphatic heterocycles. The fraction of sp³-hybridized carbons (Fsp3) is 0.643. The maximum Gasteiger partial charge on any atom is 0.271 e. The van der Waals surface area contributed by atoms with Crippen LogP contribution in [0.3, 0.4) is 0 Å². The normalized spacial score (nSPS) is 23.5. The van der Waals surface area contributed by atoms with Gasteiger partial charge in [0.05, 0.1) is 12.2 Å². The van der Waals surface area contributed by atoms with E-state index in [-0.39, 0.29) is 5.91 Å². The summed E-state index contributed by atoms with van der Waals surface area (Å²) in [5.41, 5.74) is 1.48. The predicted octanol–water partition coefficient (Wildman–Crippen LogP) is 2.71. The van der Waals surface area contributed by atoms with Gasteiger partial charge in [0.1, 0.15) is 0 Å². The number of nitrogens with one attached hydrogen (secondary N) is 2. The van der Waals surface area contributed by atoms with Crippen LogP contribution in [0.5, 0.6) is 0 Å². The second kappa shape index (κ2) is 7.15. The van der Waals surface area contributed by atoms with Crippen LogP contribution >= 0.6 is 0 Å². The Kier molecular flexibility index (Phi) is 5.81. The first kappa shape index (κ1) is 13.8. The maximum atomic E-state index is 11.6. The van der Waals surface area contributed by atoms with Crippen molar-refractivity contribution >= 4 is 5.91 Å². The molecule has 1 amide bonds. The van der Waals surface area contributed by atoms with Gasteiger partial charge in [0.15, 0.2) is 0 Å². The van der Waals surface area contributed by atoms with Crippen molar-refractivity contribution in [3.63, 3.8) is 0 Å². The van der Waals surface area contributed by atoms with Gasteiger partial charge in [0, 0.05) is 5.70 Å². The van der Waals surface area contributed by atoms with Gasteiger partial charge in [-0.25, -0.2) is 0 Å². The molecule has 0 aromatic heterocycles. The van der Waals surface area contributed by atoms with E-state index in [4.69, 9.17) is 0 Å². The highest BCUT2D eigenvalue weighted by Gasteiger charge is 2.19. The van der Waals surface area contributed by atoms with E-state index in [1.807, 2.05) is 13.8 Å². The summed E-state index contributed by atoms with van der Waals surface area (Å²) in [6, 6.07) is 0. The molecule has 0 radical (unpaired) electrons. The lowest BCUT2D eigenvalue weighted by Gasteiger charge is -2.23. The van der Waals surface area contributed by atoms with Crippen molar-refractivity contribution in [1.82, 2.24) is 10.6 Å². The zero-order valence-corrected chi connectivity index (χ0v) is 11.0. The first-order valence-electron chi connectivity index (χ1n) is 6.70. The van der Waals surface area contributed by atoms with E-state index in [0.29, 0.717) is 12.5 Å². The Morgan fingerprint density at radius 2 is 1.88 bits per heavy atom. The maximum absolute atomic E-state index is 11.6. The monoisotopic (exact) mass is 236 g/mol. The summed E-state index contributed by atoms with van der Waals surface area (Å²) in [5.74, 6) is 0.551. The Morgan fingerprint density at radius 1 is 1.24 bits per heavy atom. The van der Waals surface area contributed by atoms with Crippen molar-refractivity contribution in [2.75, 3.05) is 6.54 Å². The fourth-order valence-corrected chi connectivity index (χ4v) is 2.23. The Morgan fingerprint density at radius 3 is 2.47 bits per heavy atom. The SMILES string of the molecule is C=C1CN/C(=C\C2CCCCC2)C(=O)N1.CC. The number of hydrogen-bond donors (Lipinski definition) is 2. The predicted molar refractivity (Wildman–Crippen MR) is 71.3 cm³/mol. The number of carbonyl (C=O) groups excluding carboxylic acids is 1. The minimum absolute atomic E-state index is 0.0307. The van der Waals surface area contributed by atoms with E-state index >= 15 is 0 Å². The van der Waals surface area contributed by atoms with Crippen LogP contribution in [-0.4, -0.2) is 12.5 Å². The van der Waals surface area contributed by atoms with Crippen LogP contribution in [0.4, 0.5) is 0 Å². The van der Waals surface area contributed by atoms with Crippen LogP contribution in [0.2, 0.25) is 0 Å². The molecule has 2 N–H and O–H groups in total. The smallest absolute Gasteiger partial charge is 0.271 e. The molecule has 96 valence electrons. The zero-order chi connectivity index (χ0) is 12.7. The van der Waals surface area contributed by atoms with E-state index in [1.54, 1.807) is 0 Å². The van der Waals surface area contributed by atoms with Gasteiger partial charge >= 0.3 is 0 Å². The van der Waals surface area contributed by atoms with Gasteiger partial charge in [-0.2, -0.15) is 0 Å². The van der Waals surface area contributed by atoms with Crippen LogP contribution in [0, 0.1) is 5.92 Å². The Hall–Kier alpha value is -1.25. The second-order valence-corrected chi connectivity index (χ2v) is 4.39. The molecule has 2 fully saturated rings. The number of hydrogen-bond acceptors (Lipinski definition) is 2. The van der Waals surface area contributed by atoms with Gasteiger partial charge in [-0.3, -0.25) is 4.79 Å². The Balaban J connectivity index is 0.000000686. The summed E-state index contributed by atoms with van der Waals surface area (Å²) < 4.78 is 0. The third-order valence-electron chi connectivity index (χ3n) is 3.08. The highest BCUT2D eigenvalue weighted by molar-refractivity contribution is 5.95. The molecule has 0 spiro atoms. The largest absolute Gasteiger partial charge is 0.375 e. The zero-order valence-electron chi connectivity index (χ0n) is 11.0. The lowest BCUT2D eigenvalue weighted by molar-refractivity contribution is -0.117. The highest BCUT2D eigenvalue weighted by atomic mass is 16.2. The minimum atomic E-state index is -0.0307. The summed E-state index contributed by atoms with van der Waals surface area (Å²) >= 11 is 0. The molecule has 1 saturated carbocycles. The highest BCUT2D eigenvalue weighted by Crippen LogP contribution is 2.25. The quantitative estimate of drug-likeness (QED) is 0.687. The van der Waals surface area contributed by atoms with Crippen LogP contribution in [-0.2, 0) is 4.79 Å². The summed E-state index contributed by atoms with van der Waals surface area (Å²) in [5, 5.41) is 5.87. The van der Waals surface area contributed by atoms with Crippen molar-refractivity contribution in [1.29, 1.82) is 0 Å². The van der Waals surface area contributed by atoms with Gasteiger partial charge in [-0.05, 0) is 18.8 Å². The molecule has 0 aromatic carbocycles. The molecule has 0 unspecified atom stereocenters. The van der Waals surface area contributed by atoms with Crippen LogP contribution in [0.25, 0.3) is 0 Å². The van der Waals surface area contributed by atoms with E-state index in [1.165, 1.54) is 32.1 Å². The molecular formula is C14H24N2O. The summed E-state index contributed by atoms with van der Waals surface area (Å²) in [6.45, 7) is 8.38. The molecule has 2 rings (SSSR count). The molecular weight excluding hydrogens is 212 g/mol. The van der Waals surface area contributed by atoms with E-state index in [2.05, 4.69) is 23.3 Å². The number of allylic oxidation sites excluding steroid dienone is 1. The van der Waals surface area contributed by atoms with Crippen LogP contribution in [0.1, 0.15) is 46.0 Å². The Labute approximate surface area is 104 Å². The van der Waals surface area contributed by atoms with Crippen LogP contribution in [0.15, 0.2) is 24.0 Å². The molecule has 0 atom stereocenters. The molecule has 0 bridgehead atoms. The average Bonchev–Trinajstić information content (AvgIpc) is 2.37. The van der Waals surface area contributed by atoms with E-state index in [9.17, 15) is 4.79 Å². The summed E-state index contributed by atoms with van der Waals surface area (Å²) in [4.78, 5) is 11.6. The number of carbonyl (C=O) groups is 1. The van der Waals surface area contributed by atoms with Crippen LogP contribution < -0.4 is 10.6 Å². The van der Waals surface area contributed by atoms with E-state index < -0.39 is 0 Å².